The molecule has 0 aromatic heterocycles. The van der Waals surface area contributed by atoms with Crippen LogP contribution in [-0.2, 0) is 4.57 Å². The summed E-state index contributed by atoms with van der Waals surface area (Å²) in [4.78, 5) is 19.7. The first-order valence-corrected chi connectivity index (χ1v) is 9.32. The quantitative estimate of drug-likeness (QED) is 0.694. The van der Waals surface area contributed by atoms with Crippen LogP contribution in [0.1, 0.15) is 11.1 Å². The van der Waals surface area contributed by atoms with Crippen molar-refractivity contribution < 1.29 is 14.4 Å². The van der Waals surface area contributed by atoms with Crippen molar-refractivity contribution in [1.82, 2.24) is 0 Å². The molecule has 3 nitrogen and oxygen atoms in total. The van der Waals surface area contributed by atoms with Crippen LogP contribution in [-0.4, -0.2) is 9.79 Å². The topological polar surface area (TPSA) is 57.5 Å². The van der Waals surface area contributed by atoms with E-state index in [4.69, 9.17) is 0 Å². The monoisotopic (exact) mass is 338 g/mol. The molecule has 4 heteroatoms. The average molecular weight is 338 g/mol. The maximum atomic E-state index is 12.1. The SMILES string of the molecule is Cc1ccccc1-c1c(C)ccc(P(=O)(O)O)c1-c1ccccc1. The molecule has 0 bridgehead atoms. The minimum atomic E-state index is -4.40. The molecule has 3 rings (SSSR count). The second-order valence-electron chi connectivity index (χ2n) is 5.88. The first kappa shape index (κ1) is 16.7. The zero-order valence-corrected chi connectivity index (χ0v) is 14.5. The minimum absolute atomic E-state index is 0.0672. The molecular formula is C20H19O3P. The third-order valence-corrected chi connectivity index (χ3v) is 5.18. The van der Waals surface area contributed by atoms with Crippen molar-refractivity contribution in [3.8, 4) is 22.3 Å². The summed E-state index contributed by atoms with van der Waals surface area (Å²) in [6.45, 7) is 3.98. The van der Waals surface area contributed by atoms with Gasteiger partial charge in [0, 0.05) is 5.56 Å². The van der Waals surface area contributed by atoms with Gasteiger partial charge in [-0.2, -0.15) is 0 Å². The molecule has 3 aromatic rings. The zero-order valence-electron chi connectivity index (χ0n) is 13.6. The normalized spacial score (nSPS) is 11.5. The van der Waals surface area contributed by atoms with Crippen molar-refractivity contribution in [2.45, 2.75) is 13.8 Å². The molecule has 0 radical (unpaired) electrons. The van der Waals surface area contributed by atoms with E-state index in [-0.39, 0.29) is 5.30 Å². The van der Waals surface area contributed by atoms with E-state index in [1.807, 2.05) is 68.4 Å². The summed E-state index contributed by atoms with van der Waals surface area (Å²) in [6, 6.07) is 20.6. The Bertz CT molecular complexity index is 927. The first-order valence-electron chi connectivity index (χ1n) is 7.70. The summed E-state index contributed by atoms with van der Waals surface area (Å²) in [5.41, 5.74) is 5.33. The molecule has 0 atom stereocenters. The lowest BCUT2D eigenvalue weighted by Gasteiger charge is -2.20. The van der Waals surface area contributed by atoms with Gasteiger partial charge in [0.25, 0.3) is 0 Å². The van der Waals surface area contributed by atoms with Crippen LogP contribution in [0, 0.1) is 13.8 Å². The highest BCUT2D eigenvalue weighted by molar-refractivity contribution is 7.60. The van der Waals surface area contributed by atoms with Gasteiger partial charge in [0.05, 0.1) is 5.30 Å². The van der Waals surface area contributed by atoms with Gasteiger partial charge in [0.2, 0.25) is 0 Å². The number of hydrogen-bond acceptors (Lipinski definition) is 1. The second-order valence-corrected chi connectivity index (χ2v) is 7.45. The van der Waals surface area contributed by atoms with Gasteiger partial charge in [-0.1, -0.05) is 60.7 Å². The average Bonchev–Trinajstić information content (AvgIpc) is 2.55. The number of rotatable bonds is 3. The third kappa shape index (κ3) is 3.07. The molecule has 0 heterocycles. The Morgan fingerprint density at radius 1 is 0.708 bits per heavy atom. The Hall–Kier alpha value is -2.19. The van der Waals surface area contributed by atoms with Crippen molar-refractivity contribution in [2.75, 3.05) is 0 Å². The van der Waals surface area contributed by atoms with Crippen LogP contribution in [0.3, 0.4) is 0 Å². The van der Waals surface area contributed by atoms with Gasteiger partial charge in [-0.3, -0.25) is 4.57 Å². The summed E-state index contributed by atoms with van der Waals surface area (Å²) < 4.78 is 12.1. The van der Waals surface area contributed by atoms with Crippen LogP contribution < -0.4 is 5.30 Å². The zero-order chi connectivity index (χ0) is 17.3. The van der Waals surface area contributed by atoms with Crippen LogP contribution in [0.2, 0.25) is 0 Å². The lowest BCUT2D eigenvalue weighted by molar-refractivity contribution is 0.387. The van der Waals surface area contributed by atoms with Gasteiger partial charge in [-0.05, 0) is 47.7 Å². The minimum Gasteiger partial charge on any atom is -0.321 e. The maximum Gasteiger partial charge on any atom is 0.356 e. The summed E-state index contributed by atoms with van der Waals surface area (Å²) in [5, 5.41) is 0.0672. The number of hydrogen-bond donors (Lipinski definition) is 2. The lowest BCUT2D eigenvalue weighted by Crippen LogP contribution is -2.11. The van der Waals surface area contributed by atoms with Crippen molar-refractivity contribution in [3.05, 3.63) is 77.9 Å². The molecule has 0 spiro atoms. The fourth-order valence-electron chi connectivity index (χ4n) is 3.04. The fourth-order valence-corrected chi connectivity index (χ4v) is 3.84. The van der Waals surface area contributed by atoms with Crippen molar-refractivity contribution >= 4 is 12.9 Å². The molecule has 0 saturated heterocycles. The van der Waals surface area contributed by atoms with E-state index < -0.39 is 7.60 Å². The van der Waals surface area contributed by atoms with Crippen LogP contribution >= 0.6 is 7.60 Å². The first-order chi connectivity index (χ1) is 11.4. The largest absolute Gasteiger partial charge is 0.356 e. The molecule has 122 valence electrons. The molecule has 0 fully saturated rings. The fraction of sp³-hybridized carbons (Fsp3) is 0.100. The lowest BCUT2D eigenvalue weighted by atomic mass is 9.89. The van der Waals surface area contributed by atoms with Crippen LogP contribution in [0.15, 0.2) is 66.7 Å². The summed E-state index contributed by atoms with van der Waals surface area (Å²) >= 11 is 0. The van der Waals surface area contributed by atoms with Gasteiger partial charge in [0.1, 0.15) is 0 Å². The van der Waals surface area contributed by atoms with Gasteiger partial charge >= 0.3 is 7.60 Å². The van der Waals surface area contributed by atoms with Crippen molar-refractivity contribution in [3.63, 3.8) is 0 Å². The van der Waals surface area contributed by atoms with Crippen LogP contribution in [0.5, 0.6) is 0 Å². The van der Waals surface area contributed by atoms with Gasteiger partial charge in [-0.15, -0.1) is 0 Å². The van der Waals surface area contributed by atoms with Crippen molar-refractivity contribution in [1.29, 1.82) is 0 Å². The second kappa shape index (κ2) is 6.37. The molecule has 0 saturated carbocycles. The van der Waals surface area contributed by atoms with E-state index >= 15 is 0 Å². The summed E-state index contributed by atoms with van der Waals surface area (Å²) in [5.74, 6) is 0. The molecule has 24 heavy (non-hydrogen) atoms. The predicted molar refractivity (Wildman–Crippen MR) is 98.5 cm³/mol. The van der Waals surface area contributed by atoms with E-state index in [1.54, 1.807) is 12.1 Å². The highest BCUT2D eigenvalue weighted by Crippen LogP contribution is 2.43. The molecule has 0 aliphatic heterocycles. The van der Waals surface area contributed by atoms with Gasteiger partial charge < -0.3 is 9.79 Å². The molecule has 2 N–H and O–H groups in total. The molecule has 3 aromatic carbocycles. The Morgan fingerprint density at radius 3 is 1.96 bits per heavy atom. The van der Waals surface area contributed by atoms with E-state index in [1.165, 1.54) is 0 Å². The third-order valence-electron chi connectivity index (χ3n) is 4.18. The van der Waals surface area contributed by atoms with Crippen molar-refractivity contribution in [2.24, 2.45) is 0 Å². The van der Waals surface area contributed by atoms with E-state index in [0.717, 1.165) is 27.8 Å². The maximum absolute atomic E-state index is 12.1. The Balaban J connectivity index is 2.45. The smallest absolute Gasteiger partial charge is 0.321 e. The highest BCUT2D eigenvalue weighted by Gasteiger charge is 2.26. The molecule has 0 aliphatic rings. The molecule has 0 unspecified atom stereocenters. The predicted octanol–water partition coefficient (Wildman–Crippen LogP) is 4.44. The Morgan fingerprint density at radius 2 is 1.33 bits per heavy atom. The molecular weight excluding hydrogens is 319 g/mol. The van der Waals surface area contributed by atoms with Gasteiger partial charge in [-0.25, -0.2) is 0 Å². The molecule has 0 aliphatic carbocycles. The number of benzene rings is 3. The highest BCUT2D eigenvalue weighted by atomic mass is 31.2. The number of aryl methyl sites for hydroxylation is 2. The van der Waals surface area contributed by atoms with E-state index in [9.17, 15) is 14.4 Å². The molecule has 0 amide bonds. The van der Waals surface area contributed by atoms with Crippen LogP contribution in [0.4, 0.5) is 0 Å². The summed E-state index contributed by atoms with van der Waals surface area (Å²) in [7, 11) is -4.40. The Kier molecular flexibility index (Phi) is 4.42. The van der Waals surface area contributed by atoms with Gasteiger partial charge in [0.15, 0.2) is 0 Å². The summed E-state index contributed by atoms with van der Waals surface area (Å²) in [6.07, 6.45) is 0. The van der Waals surface area contributed by atoms with Crippen LogP contribution in [0.25, 0.3) is 22.3 Å². The van der Waals surface area contributed by atoms with E-state index in [0.29, 0.717) is 5.56 Å². The standard InChI is InChI=1S/C20H19O3P/c1-14-8-6-7-11-17(14)19-15(2)12-13-18(24(21,22)23)20(19)16-9-4-3-5-10-16/h3-13H,1-2H3,(H2,21,22,23). The van der Waals surface area contributed by atoms with E-state index in [2.05, 4.69) is 0 Å². The Labute approximate surface area is 141 Å².